The van der Waals surface area contributed by atoms with Gasteiger partial charge in [0.15, 0.2) is 34.0 Å². The second-order valence-electron chi connectivity index (χ2n) is 8.21. The highest BCUT2D eigenvalue weighted by Crippen LogP contribution is 2.25. The van der Waals surface area contributed by atoms with Gasteiger partial charge in [0.1, 0.15) is 28.7 Å². The maximum absolute atomic E-state index is 12.6. The second kappa shape index (κ2) is 18.4. The normalized spacial score (nSPS) is 10.3. The molecule has 228 valence electrons. The van der Waals surface area contributed by atoms with Crippen LogP contribution in [0.5, 0.6) is 28.7 Å². The lowest BCUT2D eigenvalue weighted by Crippen LogP contribution is -2.10. The number of aryl methyl sites for hydroxylation is 1. The minimum atomic E-state index is -0.579. The number of hydrogen-bond acceptors (Lipinski definition) is 12. The van der Waals surface area contributed by atoms with Crippen LogP contribution < -0.4 is 23.7 Å². The lowest BCUT2D eigenvalue weighted by Gasteiger charge is -2.12. The topological polar surface area (TPSA) is 126 Å². The Labute approximate surface area is 248 Å². The third kappa shape index (κ3) is 12.2. The summed E-state index contributed by atoms with van der Waals surface area (Å²) in [5, 5.41) is 0. The largest absolute Gasteiger partial charge is 0.476 e. The molecule has 12 heteroatoms. The molecule has 0 radical (unpaired) electrons. The molecular weight excluding hydrogens is 564 g/mol. The van der Waals surface area contributed by atoms with Gasteiger partial charge in [0.05, 0.1) is 11.8 Å². The molecule has 12 nitrogen and oxygen atoms in total. The van der Waals surface area contributed by atoms with E-state index in [-0.39, 0.29) is 40.8 Å². The molecule has 0 saturated heterocycles. The summed E-state index contributed by atoms with van der Waals surface area (Å²) in [7, 11) is 0. The zero-order valence-electron chi connectivity index (χ0n) is 23.6. The molecule has 3 aromatic carbocycles. The maximum atomic E-state index is 12.6. The monoisotopic (exact) mass is 596 g/mol. The van der Waals surface area contributed by atoms with E-state index in [0.717, 1.165) is 11.6 Å². The van der Waals surface area contributed by atoms with Crippen LogP contribution in [0.25, 0.3) is 0 Å². The average Bonchev–Trinajstić information content (AvgIpc) is 3.02. The van der Waals surface area contributed by atoms with Crippen LogP contribution in [0.2, 0.25) is 0 Å². The van der Waals surface area contributed by atoms with E-state index in [1.165, 1.54) is 6.26 Å². The maximum Gasteiger partial charge on any atom is 0.343 e. The van der Waals surface area contributed by atoms with Gasteiger partial charge in [-0.1, -0.05) is 13.2 Å². The van der Waals surface area contributed by atoms with Gasteiger partial charge in [-0.05, 0) is 79.2 Å². The Bertz CT molecular complexity index is 1310. The summed E-state index contributed by atoms with van der Waals surface area (Å²) >= 11 is 0. The number of benzene rings is 3. The lowest BCUT2D eigenvalue weighted by atomic mass is 10.2. The van der Waals surface area contributed by atoms with Gasteiger partial charge in [0, 0.05) is 6.08 Å². The fourth-order valence-electron chi connectivity index (χ4n) is 3.13. The predicted octanol–water partition coefficient (Wildman–Crippen LogP) is 5.11. The van der Waals surface area contributed by atoms with Crippen LogP contribution in [-0.4, -0.2) is 52.7 Å². The zero-order valence-corrected chi connectivity index (χ0v) is 23.6. The minimum Gasteiger partial charge on any atom is -0.476 e. The number of hydrogen-bond donors (Lipinski definition) is 0. The zero-order chi connectivity index (χ0) is 30.7. The van der Waals surface area contributed by atoms with Crippen LogP contribution in [-0.2, 0) is 28.5 Å². The molecular formula is C31H32O12. The summed E-state index contributed by atoms with van der Waals surface area (Å²) < 4.78 is 52.3. The fourth-order valence-corrected chi connectivity index (χ4v) is 3.13. The first-order valence-electron chi connectivity index (χ1n) is 12.8. The standard InChI is InChI=1S/C31H32O12/c1-4-30(32)42-21-37-20-39-26-10-12-27(13-11-26)40-22-41-29-15-14-28(16-23(29)3)43-31(33)24-6-8-25(9-7-24)38-19-36-18-35-17-34-5-2/h4-16H,1-2,17-22H2,3H3. The quantitative estimate of drug-likeness (QED) is 0.0429. The Morgan fingerprint density at radius 3 is 1.81 bits per heavy atom. The van der Waals surface area contributed by atoms with Gasteiger partial charge in [0.25, 0.3) is 0 Å². The highest BCUT2D eigenvalue weighted by Gasteiger charge is 2.11. The summed E-state index contributed by atoms with van der Waals surface area (Å²) in [6.45, 7) is 8.12. The molecule has 0 aliphatic rings. The van der Waals surface area contributed by atoms with Crippen LogP contribution in [0, 0.1) is 6.92 Å². The summed E-state index contributed by atoms with van der Waals surface area (Å²) in [5.74, 6) is 1.44. The van der Waals surface area contributed by atoms with Crippen LogP contribution in [0.15, 0.2) is 92.2 Å². The van der Waals surface area contributed by atoms with E-state index in [4.69, 9.17) is 42.6 Å². The molecule has 0 aliphatic carbocycles. The average molecular weight is 597 g/mol. The molecule has 0 bridgehead atoms. The van der Waals surface area contributed by atoms with E-state index in [1.54, 1.807) is 66.7 Å². The van der Waals surface area contributed by atoms with Gasteiger partial charge in [0.2, 0.25) is 6.79 Å². The SMILES string of the molecule is C=COCOCOCOc1ccc(C(=O)Oc2ccc(OCOc3ccc(OCOCOC(=O)C=C)cc3)c(C)c2)cc1. The molecule has 43 heavy (non-hydrogen) atoms. The first kappa shape index (κ1) is 32.5. The Morgan fingerprint density at radius 1 is 0.651 bits per heavy atom. The lowest BCUT2D eigenvalue weighted by molar-refractivity contribution is -0.155. The Hall–Kier alpha value is -5.04. The van der Waals surface area contributed by atoms with Gasteiger partial charge < -0.3 is 47.4 Å². The van der Waals surface area contributed by atoms with Crippen LogP contribution >= 0.6 is 0 Å². The highest BCUT2D eigenvalue weighted by molar-refractivity contribution is 5.91. The van der Waals surface area contributed by atoms with Crippen molar-refractivity contribution in [2.24, 2.45) is 0 Å². The molecule has 0 amide bonds. The van der Waals surface area contributed by atoms with Crippen molar-refractivity contribution < 1.29 is 57.0 Å². The first-order valence-corrected chi connectivity index (χ1v) is 12.8. The molecule has 0 saturated carbocycles. The first-order chi connectivity index (χ1) is 21.0. The summed E-state index contributed by atoms with van der Waals surface area (Å²) in [5.41, 5.74) is 1.10. The van der Waals surface area contributed by atoms with Gasteiger partial charge >= 0.3 is 11.9 Å². The summed E-state index contributed by atoms with van der Waals surface area (Å²) in [4.78, 5) is 23.5. The smallest absolute Gasteiger partial charge is 0.343 e. The van der Waals surface area contributed by atoms with Crippen molar-refractivity contribution >= 4 is 11.9 Å². The van der Waals surface area contributed by atoms with E-state index >= 15 is 0 Å². The van der Waals surface area contributed by atoms with Gasteiger partial charge in [-0.2, -0.15) is 0 Å². The van der Waals surface area contributed by atoms with Crippen LogP contribution in [0.4, 0.5) is 0 Å². The Balaban J connectivity index is 1.36. The van der Waals surface area contributed by atoms with Crippen molar-refractivity contribution in [3.8, 4) is 28.7 Å². The van der Waals surface area contributed by atoms with E-state index in [2.05, 4.69) is 17.9 Å². The second-order valence-corrected chi connectivity index (χ2v) is 8.21. The Morgan fingerprint density at radius 2 is 1.21 bits per heavy atom. The van der Waals surface area contributed by atoms with Crippen molar-refractivity contribution in [2.75, 3.05) is 40.8 Å². The van der Waals surface area contributed by atoms with E-state index in [9.17, 15) is 9.59 Å². The molecule has 3 rings (SSSR count). The molecule has 0 N–H and O–H groups in total. The third-order valence-electron chi connectivity index (χ3n) is 5.22. The van der Waals surface area contributed by atoms with Crippen LogP contribution in [0.1, 0.15) is 15.9 Å². The molecule has 0 fully saturated rings. The molecule has 0 atom stereocenters. The molecule has 0 aliphatic heterocycles. The van der Waals surface area contributed by atoms with Crippen molar-refractivity contribution in [2.45, 2.75) is 6.92 Å². The molecule has 0 aromatic heterocycles. The highest BCUT2D eigenvalue weighted by atomic mass is 16.8. The minimum absolute atomic E-state index is 0.00405. The number of carbonyl (C=O) groups is 2. The van der Waals surface area contributed by atoms with E-state index < -0.39 is 11.9 Å². The van der Waals surface area contributed by atoms with Crippen LogP contribution in [0.3, 0.4) is 0 Å². The summed E-state index contributed by atoms with van der Waals surface area (Å²) in [6.07, 6.45) is 2.31. The molecule has 0 heterocycles. The van der Waals surface area contributed by atoms with Crippen molar-refractivity contribution in [3.05, 3.63) is 103 Å². The number of carbonyl (C=O) groups excluding carboxylic acids is 2. The number of esters is 2. The Kier molecular flexibility index (Phi) is 13.9. The predicted molar refractivity (Wildman–Crippen MR) is 152 cm³/mol. The third-order valence-corrected chi connectivity index (χ3v) is 5.22. The van der Waals surface area contributed by atoms with Gasteiger partial charge in [-0.25, -0.2) is 9.59 Å². The van der Waals surface area contributed by atoms with Gasteiger partial charge in [-0.15, -0.1) is 0 Å². The molecule has 0 unspecified atom stereocenters. The van der Waals surface area contributed by atoms with E-state index in [1.807, 2.05) is 6.92 Å². The van der Waals surface area contributed by atoms with Gasteiger partial charge in [-0.3, -0.25) is 0 Å². The van der Waals surface area contributed by atoms with Crippen molar-refractivity contribution in [1.82, 2.24) is 0 Å². The van der Waals surface area contributed by atoms with E-state index in [0.29, 0.717) is 34.3 Å². The van der Waals surface area contributed by atoms with Crippen molar-refractivity contribution in [3.63, 3.8) is 0 Å². The van der Waals surface area contributed by atoms with Crippen molar-refractivity contribution in [1.29, 1.82) is 0 Å². The molecule has 3 aromatic rings. The fraction of sp³-hybridized carbons (Fsp3) is 0.226. The molecule has 0 spiro atoms. The number of ether oxygens (including phenoxy) is 10. The number of rotatable bonds is 20. The summed E-state index contributed by atoms with van der Waals surface area (Å²) in [6, 6.07) is 18.2.